The molecule has 0 radical (unpaired) electrons. The molecule has 0 saturated heterocycles. The Morgan fingerprint density at radius 1 is 1.67 bits per heavy atom. The topological polar surface area (TPSA) is 23.9 Å². The summed E-state index contributed by atoms with van der Waals surface area (Å²) in [6.45, 7) is 1.89. The van der Waals surface area contributed by atoms with E-state index in [1.807, 2.05) is 6.92 Å². The molecule has 34 valence electrons. The van der Waals surface area contributed by atoms with E-state index in [1.54, 1.807) is 0 Å². The molecule has 0 heterocycles. The van der Waals surface area contributed by atoms with Crippen LogP contribution in [0.1, 0.15) is 19.8 Å². The molecule has 0 atom stereocenters. The Morgan fingerprint density at radius 2 is 2.17 bits per heavy atom. The predicted octanol–water partition coefficient (Wildman–Crippen LogP) is 1.44. The Balaban J connectivity index is 2.31. The minimum absolute atomic E-state index is 0.685. The highest BCUT2D eigenvalue weighted by molar-refractivity contribution is 5.83. The Morgan fingerprint density at radius 3 is 2.17 bits per heavy atom. The van der Waals surface area contributed by atoms with E-state index in [0.29, 0.717) is 5.92 Å². The van der Waals surface area contributed by atoms with Gasteiger partial charge in [0.25, 0.3) is 0 Å². The zero-order chi connectivity index (χ0) is 4.57. The summed E-state index contributed by atoms with van der Waals surface area (Å²) in [5.41, 5.74) is 0.870. The maximum atomic E-state index is 7.01. The van der Waals surface area contributed by atoms with Crippen LogP contribution in [0.5, 0.6) is 0 Å². The van der Waals surface area contributed by atoms with E-state index in [1.165, 1.54) is 12.8 Å². The van der Waals surface area contributed by atoms with Crippen molar-refractivity contribution in [3.05, 3.63) is 0 Å². The van der Waals surface area contributed by atoms with Gasteiger partial charge in [0.15, 0.2) is 0 Å². The maximum Gasteiger partial charge on any atom is 0.00891 e. The van der Waals surface area contributed by atoms with E-state index in [9.17, 15) is 0 Å². The molecule has 6 heavy (non-hydrogen) atoms. The second kappa shape index (κ2) is 1.07. The lowest BCUT2D eigenvalue weighted by Gasteiger charge is -1.81. The van der Waals surface area contributed by atoms with Crippen molar-refractivity contribution < 1.29 is 0 Å². The van der Waals surface area contributed by atoms with Gasteiger partial charge in [-0.1, -0.05) is 0 Å². The minimum atomic E-state index is 0.685. The van der Waals surface area contributed by atoms with Crippen molar-refractivity contribution in [1.82, 2.24) is 0 Å². The van der Waals surface area contributed by atoms with Crippen LogP contribution in [0.15, 0.2) is 0 Å². The van der Waals surface area contributed by atoms with Crippen LogP contribution in [-0.2, 0) is 0 Å². The summed E-state index contributed by atoms with van der Waals surface area (Å²) in [6.07, 6.45) is 2.55. The summed E-state index contributed by atoms with van der Waals surface area (Å²) >= 11 is 0. The average molecular weight is 83.1 g/mol. The van der Waals surface area contributed by atoms with Gasteiger partial charge in [0.1, 0.15) is 0 Å². The highest BCUT2D eigenvalue weighted by Gasteiger charge is 2.22. The maximum absolute atomic E-state index is 7.01. The van der Waals surface area contributed by atoms with Crippen LogP contribution in [-0.4, -0.2) is 5.71 Å². The zero-order valence-corrected chi connectivity index (χ0v) is 3.99. The van der Waals surface area contributed by atoms with Gasteiger partial charge < -0.3 is 5.41 Å². The molecule has 1 rings (SSSR count). The predicted molar refractivity (Wildman–Crippen MR) is 26.1 cm³/mol. The highest BCUT2D eigenvalue weighted by Crippen LogP contribution is 2.29. The first-order chi connectivity index (χ1) is 2.80. The minimum Gasteiger partial charge on any atom is -0.310 e. The second-order valence-electron chi connectivity index (χ2n) is 1.96. The van der Waals surface area contributed by atoms with Crippen molar-refractivity contribution in [3.63, 3.8) is 0 Å². The van der Waals surface area contributed by atoms with Crippen molar-refractivity contribution in [2.24, 2.45) is 5.92 Å². The summed E-state index contributed by atoms with van der Waals surface area (Å²) in [7, 11) is 0. The van der Waals surface area contributed by atoms with E-state index in [-0.39, 0.29) is 0 Å². The molecule has 0 aliphatic heterocycles. The van der Waals surface area contributed by atoms with Gasteiger partial charge in [-0.15, -0.1) is 0 Å². The van der Waals surface area contributed by atoms with Gasteiger partial charge in [0.2, 0.25) is 0 Å². The van der Waals surface area contributed by atoms with Crippen LogP contribution >= 0.6 is 0 Å². The third-order valence-electron chi connectivity index (χ3n) is 1.19. The van der Waals surface area contributed by atoms with E-state index in [4.69, 9.17) is 5.41 Å². The molecule has 0 aromatic carbocycles. The molecule has 1 fully saturated rings. The smallest absolute Gasteiger partial charge is 0.00891 e. The van der Waals surface area contributed by atoms with Crippen molar-refractivity contribution in [2.45, 2.75) is 19.8 Å². The SMILES string of the molecule is CC(=N)C1CC1. The number of rotatable bonds is 1. The van der Waals surface area contributed by atoms with Crippen LogP contribution < -0.4 is 0 Å². The van der Waals surface area contributed by atoms with Crippen molar-refractivity contribution in [2.75, 3.05) is 0 Å². The van der Waals surface area contributed by atoms with E-state index in [0.717, 1.165) is 5.71 Å². The number of nitrogens with one attached hydrogen (secondary N) is 1. The van der Waals surface area contributed by atoms with E-state index in [2.05, 4.69) is 0 Å². The number of hydrogen-bond donors (Lipinski definition) is 1. The lowest BCUT2D eigenvalue weighted by atomic mass is 10.3. The van der Waals surface area contributed by atoms with Crippen LogP contribution in [0.3, 0.4) is 0 Å². The van der Waals surface area contributed by atoms with Gasteiger partial charge in [-0.25, -0.2) is 0 Å². The monoisotopic (exact) mass is 83.1 g/mol. The largest absolute Gasteiger partial charge is 0.310 e. The Kier molecular flexibility index (Phi) is 0.685. The molecule has 0 spiro atoms. The van der Waals surface area contributed by atoms with Crippen LogP contribution in [0.4, 0.5) is 0 Å². The van der Waals surface area contributed by atoms with Crippen molar-refractivity contribution >= 4 is 5.71 Å². The normalized spacial score (nSPS) is 20.8. The second-order valence-corrected chi connectivity index (χ2v) is 1.96. The molecule has 0 aromatic heterocycles. The quantitative estimate of drug-likeness (QED) is 0.464. The first kappa shape index (κ1) is 3.85. The van der Waals surface area contributed by atoms with Gasteiger partial charge >= 0.3 is 0 Å². The summed E-state index contributed by atoms with van der Waals surface area (Å²) in [5, 5.41) is 7.01. The van der Waals surface area contributed by atoms with Crippen LogP contribution in [0.2, 0.25) is 0 Å². The fourth-order valence-electron chi connectivity index (χ4n) is 0.516. The molecule has 0 unspecified atom stereocenters. The molecule has 1 N–H and O–H groups in total. The number of hydrogen-bond acceptors (Lipinski definition) is 1. The fourth-order valence-corrected chi connectivity index (χ4v) is 0.516. The van der Waals surface area contributed by atoms with Crippen molar-refractivity contribution in [3.8, 4) is 0 Å². The molecule has 1 heteroatoms. The first-order valence-electron chi connectivity index (χ1n) is 2.36. The molecule has 1 nitrogen and oxygen atoms in total. The standard InChI is InChI=1S/C5H9N/c1-4(6)5-2-3-5/h5-6H,2-3H2,1H3. The summed E-state index contributed by atoms with van der Waals surface area (Å²) < 4.78 is 0. The molecular weight excluding hydrogens is 74.1 g/mol. The molecule has 1 aliphatic carbocycles. The molecule has 1 aliphatic rings. The molecule has 0 aromatic rings. The lowest BCUT2D eigenvalue weighted by molar-refractivity contribution is 1.15. The Bertz CT molecular complexity index is 72.0. The van der Waals surface area contributed by atoms with Gasteiger partial charge in [0, 0.05) is 5.71 Å². The van der Waals surface area contributed by atoms with Crippen molar-refractivity contribution in [1.29, 1.82) is 5.41 Å². The van der Waals surface area contributed by atoms with Gasteiger partial charge in [0.05, 0.1) is 0 Å². The molecule has 0 bridgehead atoms. The fraction of sp³-hybridized carbons (Fsp3) is 0.800. The third-order valence-corrected chi connectivity index (χ3v) is 1.19. The van der Waals surface area contributed by atoms with Gasteiger partial charge in [-0.3, -0.25) is 0 Å². The van der Waals surface area contributed by atoms with Gasteiger partial charge in [-0.2, -0.15) is 0 Å². The highest BCUT2D eigenvalue weighted by atomic mass is 14.5. The Hall–Kier alpha value is -0.330. The summed E-state index contributed by atoms with van der Waals surface area (Å²) in [4.78, 5) is 0. The average Bonchev–Trinajstić information content (AvgIpc) is 2.06. The lowest BCUT2D eigenvalue weighted by Crippen LogP contribution is -1.86. The zero-order valence-electron chi connectivity index (χ0n) is 3.99. The molecule has 0 amide bonds. The molecular formula is C5H9N. The molecule has 1 saturated carbocycles. The summed E-state index contributed by atoms with van der Waals surface area (Å²) in [6, 6.07) is 0. The summed E-state index contributed by atoms with van der Waals surface area (Å²) in [5.74, 6) is 0.685. The Labute approximate surface area is 37.9 Å². The first-order valence-corrected chi connectivity index (χ1v) is 2.36. The van der Waals surface area contributed by atoms with Crippen LogP contribution in [0.25, 0.3) is 0 Å². The van der Waals surface area contributed by atoms with E-state index < -0.39 is 0 Å². The van der Waals surface area contributed by atoms with E-state index >= 15 is 0 Å². The van der Waals surface area contributed by atoms with Gasteiger partial charge in [-0.05, 0) is 25.7 Å². The third kappa shape index (κ3) is 0.588. The van der Waals surface area contributed by atoms with Crippen LogP contribution in [0, 0.1) is 11.3 Å².